The standard InChI is InChI=1S/C22H26ClNO3/c1-3-5-6-16-7-10-19(11-8-16)24-15-18(22(26)27-4-2)13-17-9-12-20(25)14-21(17)23/h7-12,14-15,18,25H,3-6,13H2,1-2H3. The molecule has 27 heavy (non-hydrogen) atoms. The van der Waals surface area contributed by atoms with Gasteiger partial charge >= 0.3 is 5.97 Å². The second kappa shape index (κ2) is 10.7. The first-order valence-electron chi connectivity index (χ1n) is 9.30. The fraction of sp³-hybridized carbons (Fsp3) is 0.364. The summed E-state index contributed by atoms with van der Waals surface area (Å²) in [6, 6.07) is 12.8. The molecule has 5 heteroatoms. The smallest absolute Gasteiger partial charge is 0.314 e. The number of nitrogens with zero attached hydrogens (tertiary/aromatic N) is 1. The highest BCUT2D eigenvalue weighted by Crippen LogP contribution is 2.24. The number of rotatable bonds is 9. The van der Waals surface area contributed by atoms with Crippen molar-refractivity contribution in [1.82, 2.24) is 0 Å². The van der Waals surface area contributed by atoms with Crippen LogP contribution in [0.5, 0.6) is 5.75 Å². The first kappa shape index (κ1) is 21.0. The number of aromatic hydroxyl groups is 1. The first-order valence-corrected chi connectivity index (χ1v) is 9.68. The molecule has 2 aromatic rings. The van der Waals surface area contributed by atoms with E-state index in [1.807, 2.05) is 12.1 Å². The van der Waals surface area contributed by atoms with E-state index in [0.717, 1.165) is 17.7 Å². The molecule has 2 aromatic carbocycles. The lowest BCUT2D eigenvalue weighted by Gasteiger charge is -2.12. The van der Waals surface area contributed by atoms with Gasteiger partial charge in [0.05, 0.1) is 18.2 Å². The highest BCUT2D eigenvalue weighted by molar-refractivity contribution is 6.31. The van der Waals surface area contributed by atoms with Crippen molar-refractivity contribution in [3.8, 4) is 5.75 Å². The zero-order valence-electron chi connectivity index (χ0n) is 15.8. The second-order valence-corrected chi connectivity index (χ2v) is 6.79. The van der Waals surface area contributed by atoms with E-state index in [-0.39, 0.29) is 11.7 Å². The zero-order chi connectivity index (χ0) is 19.6. The molecule has 144 valence electrons. The Balaban J connectivity index is 2.13. The SMILES string of the molecule is CCCCc1ccc(N=CC(Cc2ccc(O)cc2Cl)C(=O)OCC)cc1. The molecular formula is C22H26ClNO3. The molecule has 0 bridgehead atoms. The van der Waals surface area contributed by atoms with Gasteiger partial charge in [-0.25, -0.2) is 0 Å². The predicted octanol–water partition coefficient (Wildman–Crippen LogP) is 5.51. The van der Waals surface area contributed by atoms with Gasteiger partial charge in [-0.2, -0.15) is 0 Å². The largest absolute Gasteiger partial charge is 0.508 e. The lowest BCUT2D eigenvalue weighted by atomic mass is 10.00. The molecule has 0 heterocycles. The Morgan fingerprint density at radius 3 is 2.59 bits per heavy atom. The third-order valence-electron chi connectivity index (χ3n) is 4.22. The van der Waals surface area contributed by atoms with Crippen LogP contribution in [0.2, 0.25) is 5.02 Å². The molecule has 0 radical (unpaired) electrons. The van der Waals surface area contributed by atoms with Gasteiger partial charge in [0.2, 0.25) is 0 Å². The maximum atomic E-state index is 12.3. The van der Waals surface area contributed by atoms with Crippen molar-refractivity contribution < 1.29 is 14.6 Å². The summed E-state index contributed by atoms with van der Waals surface area (Å²) in [6.07, 6.45) is 5.37. The maximum absolute atomic E-state index is 12.3. The van der Waals surface area contributed by atoms with E-state index in [1.54, 1.807) is 25.3 Å². The Morgan fingerprint density at radius 2 is 1.96 bits per heavy atom. The number of unbranched alkanes of at least 4 members (excludes halogenated alkanes) is 1. The van der Waals surface area contributed by atoms with Crippen molar-refractivity contribution in [3.05, 3.63) is 58.6 Å². The van der Waals surface area contributed by atoms with Crippen molar-refractivity contribution in [2.75, 3.05) is 6.61 Å². The molecule has 0 saturated heterocycles. The van der Waals surface area contributed by atoms with Gasteiger partial charge in [-0.1, -0.05) is 43.1 Å². The Bertz CT molecular complexity index is 772. The topological polar surface area (TPSA) is 58.9 Å². The number of hydrogen-bond donors (Lipinski definition) is 1. The molecule has 0 aliphatic carbocycles. The maximum Gasteiger partial charge on any atom is 0.314 e. The minimum atomic E-state index is -0.549. The van der Waals surface area contributed by atoms with E-state index in [0.29, 0.717) is 18.1 Å². The number of ether oxygens (including phenoxy) is 1. The van der Waals surface area contributed by atoms with Crippen molar-refractivity contribution in [2.45, 2.75) is 39.5 Å². The van der Waals surface area contributed by atoms with Crippen LogP contribution >= 0.6 is 11.6 Å². The third kappa shape index (κ3) is 6.72. The Labute approximate surface area is 165 Å². The van der Waals surface area contributed by atoms with Crippen molar-refractivity contribution in [3.63, 3.8) is 0 Å². The molecule has 4 nitrogen and oxygen atoms in total. The quantitative estimate of drug-likeness (QED) is 0.455. The highest BCUT2D eigenvalue weighted by Gasteiger charge is 2.20. The lowest BCUT2D eigenvalue weighted by Crippen LogP contribution is -2.21. The van der Waals surface area contributed by atoms with Gasteiger partial charge in [0.1, 0.15) is 5.75 Å². The van der Waals surface area contributed by atoms with Crippen LogP contribution in [-0.2, 0) is 22.4 Å². The monoisotopic (exact) mass is 387 g/mol. The van der Waals surface area contributed by atoms with Crippen molar-refractivity contribution in [2.24, 2.45) is 10.9 Å². The number of hydrogen-bond acceptors (Lipinski definition) is 4. The number of phenolic OH excluding ortho intramolecular Hbond substituents is 1. The number of esters is 1. The van der Waals surface area contributed by atoms with E-state index in [4.69, 9.17) is 16.3 Å². The minimum absolute atomic E-state index is 0.0910. The van der Waals surface area contributed by atoms with E-state index >= 15 is 0 Å². The number of carbonyl (C=O) groups is 1. The normalized spacial score (nSPS) is 12.3. The van der Waals surface area contributed by atoms with Gasteiger partial charge in [0.15, 0.2) is 0 Å². The molecule has 0 spiro atoms. The third-order valence-corrected chi connectivity index (χ3v) is 4.58. The summed E-state index contributed by atoms with van der Waals surface area (Å²) >= 11 is 6.17. The summed E-state index contributed by atoms with van der Waals surface area (Å²) in [5.41, 5.74) is 2.84. The Hall–Kier alpha value is -2.33. The number of aliphatic imine (C=N–C) groups is 1. The van der Waals surface area contributed by atoms with Gasteiger partial charge in [-0.15, -0.1) is 0 Å². The Kier molecular flexibility index (Phi) is 8.34. The zero-order valence-corrected chi connectivity index (χ0v) is 16.6. The first-order chi connectivity index (χ1) is 13.0. The molecule has 0 fully saturated rings. The summed E-state index contributed by atoms with van der Waals surface area (Å²) < 4.78 is 5.17. The molecule has 0 aromatic heterocycles. The molecular weight excluding hydrogens is 362 g/mol. The van der Waals surface area contributed by atoms with Crippen LogP contribution in [0.25, 0.3) is 0 Å². The summed E-state index contributed by atoms with van der Waals surface area (Å²) in [6.45, 7) is 4.25. The van der Waals surface area contributed by atoms with Crippen LogP contribution < -0.4 is 0 Å². The molecule has 1 unspecified atom stereocenters. The Morgan fingerprint density at radius 1 is 1.22 bits per heavy atom. The molecule has 0 aliphatic heterocycles. The predicted molar refractivity (Wildman–Crippen MR) is 110 cm³/mol. The number of halogens is 1. The van der Waals surface area contributed by atoms with Gasteiger partial charge in [-0.05, 0) is 61.6 Å². The van der Waals surface area contributed by atoms with E-state index in [2.05, 4.69) is 24.0 Å². The molecule has 0 saturated carbocycles. The van der Waals surface area contributed by atoms with E-state index < -0.39 is 5.92 Å². The van der Waals surface area contributed by atoms with Gasteiger partial charge in [0.25, 0.3) is 0 Å². The van der Waals surface area contributed by atoms with Crippen LogP contribution in [-0.4, -0.2) is 23.9 Å². The molecule has 1 atom stereocenters. The fourth-order valence-corrected chi connectivity index (χ4v) is 2.94. The summed E-state index contributed by atoms with van der Waals surface area (Å²) in [5, 5.41) is 9.91. The molecule has 0 amide bonds. The van der Waals surface area contributed by atoms with E-state index in [1.165, 1.54) is 24.5 Å². The average molecular weight is 388 g/mol. The molecule has 0 aliphatic rings. The number of phenols is 1. The van der Waals surface area contributed by atoms with Crippen molar-refractivity contribution in [1.29, 1.82) is 0 Å². The second-order valence-electron chi connectivity index (χ2n) is 6.39. The number of carbonyl (C=O) groups excluding carboxylic acids is 1. The highest BCUT2D eigenvalue weighted by atomic mass is 35.5. The van der Waals surface area contributed by atoms with E-state index in [9.17, 15) is 9.90 Å². The van der Waals surface area contributed by atoms with Crippen LogP contribution in [0.1, 0.15) is 37.8 Å². The summed E-state index contributed by atoms with van der Waals surface area (Å²) in [4.78, 5) is 16.8. The van der Waals surface area contributed by atoms with Gasteiger partial charge < -0.3 is 9.84 Å². The summed E-state index contributed by atoms with van der Waals surface area (Å²) in [7, 11) is 0. The van der Waals surface area contributed by atoms with Crippen LogP contribution in [0.15, 0.2) is 47.5 Å². The number of aryl methyl sites for hydroxylation is 1. The van der Waals surface area contributed by atoms with Gasteiger partial charge in [0, 0.05) is 11.2 Å². The summed E-state index contributed by atoms with van der Waals surface area (Å²) in [5.74, 6) is -0.801. The fourth-order valence-electron chi connectivity index (χ4n) is 2.69. The van der Waals surface area contributed by atoms with Crippen molar-refractivity contribution >= 4 is 29.5 Å². The van der Waals surface area contributed by atoms with Crippen LogP contribution in [0.4, 0.5) is 5.69 Å². The number of benzene rings is 2. The molecule has 2 rings (SSSR count). The van der Waals surface area contributed by atoms with Gasteiger partial charge in [-0.3, -0.25) is 9.79 Å². The van der Waals surface area contributed by atoms with Crippen LogP contribution in [0, 0.1) is 5.92 Å². The average Bonchev–Trinajstić information content (AvgIpc) is 2.66. The van der Waals surface area contributed by atoms with Crippen LogP contribution in [0.3, 0.4) is 0 Å². The molecule has 1 N–H and O–H groups in total. The lowest BCUT2D eigenvalue weighted by molar-refractivity contribution is -0.145. The minimum Gasteiger partial charge on any atom is -0.508 e.